The van der Waals surface area contributed by atoms with Crippen molar-refractivity contribution in [2.45, 2.75) is 17.7 Å². The Balaban J connectivity index is 1.47. The molecule has 0 atom stereocenters. The van der Waals surface area contributed by atoms with E-state index >= 15 is 0 Å². The number of anilines is 2. The highest BCUT2D eigenvalue weighted by atomic mass is 32.2. The van der Waals surface area contributed by atoms with Gasteiger partial charge in [0.2, 0.25) is 11.8 Å². The van der Waals surface area contributed by atoms with Gasteiger partial charge in [-0.2, -0.15) is 5.26 Å². The van der Waals surface area contributed by atoms with Gasteiger partial charge in [-0.3, -0.25) is 14.5 Å². The smallest absolute Gasteiger partial charge is 0.238 e. The number of piperidine rings is 1. The number of likely N-dealkylation sites (tertiary alicyclic amines) is 1. The number of amides is 2. The lowest BCUT2D eigenvalue weighted by atomic mass is 9.95. The third-order valence-corrected chi connectivity index (χ3v) is 6.08. The van der Waals surface area contributed by atoms with Crippen molar-refractivity contribution in [3.05, 3.63) is 48.5 Å². The van der Waals surface area contributed by atoms with Gasteiger partial charge < -0.3 is 15.4 Å². The van der Waals surface area contributed by atoms with Gasteiger partial charge in [-0.1, -0.05) is 24.3 Å². The number of carbonyl (C=O) groups is 2. The van der Waals surface area contributed by atoms with Crippen LogP contribution in [0.5, 0.6) is 5.75 Å². The normalized spacial score (nSPS) is 14.5. The molecule has 2 aromatic carbocycles. The first-order chi connectivity index (χ1) is 15.1. The highest BCUT2D eigenvalue weighted by Crippen LogP contribution is 2.27. The van der Waals surface area contributed by atoms with E-state index in [2.05, 4.69) is 21.6 Å². The summed E-state index contributed by atoms with van der Waals surface area (Å²) in [5, 5.41) is 14.7. The Morgan fingerprint density at radius 3 is 2.48 bits per heavy atom. The zero-order chi connectivity index (χ0) is 22.1. The van der Waals surface area contributed by atoms with Gasteiger partial charge in [0.25, 0.3) is 0 Å². The van der Waals surface area contributed by atoms with Crippen LogP contribution in [-0.2, 0) is 9.59 Å². The van der Waals surface area contributed by atoms with Gasteiger partial charge in [-0.05, 0) is 50.2 Å². The number of hydrogen-bond donors (Lipinski definition) is 2. The molecule has 31 heavy (non-hydrogen) atoms. The highest BCUT2D eigenvalue weighted by molar-refractivity contribution is 7.99. The number of para-hydroxylation sites is 3. The van der Waals surface area contributed by atoms with Crippen molar-refractivity contribution >= 4 is 35.0 Å². The maximum Gasteiger partial charge on any atom is 0.238 e. The lowest BCUT2D eigenvalue weighted by Crippen LogP contribution is -2.41. The number of methoxy groups -OCH3 is 1. The molecular weight excluding hydrogens is 412 g/mol. The Morgan fingerprint density at radius 1 is 1.10 bits per heavy atom. The number of benzene rings is 2. The van der Waals surface area contributed by atoms with Gasteiger partial charge in [0.05, 0.1) is 36.9 Å². The highest BCUT2D eigenvalue weighted by Gasteiger charge is 2.26. The molecule has 0 spiro atoms. The summed E-state index contributed by atoms with van der Waals surface area (Å²) in [6.07, 6.45) is 1.39. The monoisotopic (exact) mass is 438 g/mol. The van der Waals surface area contributed by atoms with Crippen LogP contribution < -0.4 is 15.4 Å². The van der Waals surface area contributed by atoms with Crippen LogP contribution in [0.2, 0.25) is 0 Å². The van der Waals surface area contributed by atoms with E-state index in [4.69, 9.17) is 10.00 Å². The SMILES string of the molecule is COc1ccccc1NC(=O)C1CCN(CC(=O)Nc2ccccc2SCC#N)CC1. The van der Waals surface area contributed by atoms with Crippen molar-refractivity contribution in [2.24, 2.45) is 5.92 Å². The average molecular weight is 439 g/mol. The van der Waals surface area contributed by atoms with Crippen molar-refractivity contribution in [1.82, 2.24) is 4.90 Å². The van der Waals surface area contributed by atoms with Crippen LogP contribution in [0.25, 0.3) is 0 Å². The molecule has 2 N–H and O–H groups in total. The Labute approximate surface area is 186 Å². The Kier molecular flexibility index (Phi) is 8.33. The number of rotatable bonds is 8. The van der Waals surface area contributed by atoms with Crippen LogP contribution in [0.1, 0.15) is 12.8 Å². The number of nitrogens with one attached hydrogen (secondary N) is 2. The minimum absolute atomic E-state index is 0.0166. The first-order valence-electron chi connectivity index (χ1n) is 10.2. The molecule has 1 aliphatic rings. The summed E-state index contributed by atoms with van der Waals surface area (Å²) < 4.78 is 5.29. The zero-order valence-electron chi connectivity index (χ0n) is 17.5. The summed E-state index contributed by atoms with van der Waals surface area (Å²) in [6, 6.07) is 16.9. The summed E-state index contributed by atoms with van der Waals surface area (Å²) in [7, 11) is 1.58. The Morgan fingerprint density at radius 2 is 1.77 bits per heavy atom. The van der Waals surface area contributed by atoms with Crippen molar-refractivity contribution < 1.29 is 14.3 Å². The van der Waals surface area contributed by atoms with E-state index in [-0.39, 0.29) is 24.3 Å². The van der Waals surface area contributed by atoms with Crippen LogP contribution in [0, 0.1) is 17.2 Å². The molecule has 162 valence electrons. The molecule has 2 amide bonds. The molecule has 0 unspecified atom stereocenters. The maximum atomic E-state index is 12.6. The fraction of sp³-hybridized carbons (Fsp3) is 0.348. The van der Waals surface area contributed by atoms with Crippen LogP contribution in [-0.4, -0.2) is 49.2 Å². The molecule has 0 radical (unpaired) electrons. The van der Waals surface area contributed by atoms with E-state index in [1.165, 1.54) is 11.8 Å². The summed E-state index contributed by atoms with van der Waals surface area (Å²) in [4.78, 5) is 28.1. The fourth-order valence-corrected chi connectivity index (χ4v) is 4.20. The van der Waals surface area contributed by atoms with Crippen LogP contribution in [0.3, 0.4) is 0 Å². The fourth-order valence-electron chi connectivity index (χ4n) is 3.53. The van der Waals surface area contributed by atoms with Crippen molar-refractivity contribution in [3.63, 3.8) is 0 Å². The van der Waals surface area contributed by atoms with E-state index in [1.807, 2.05) is 48.5 Å². The quantitative estimate of drug-likeness (QED) is 0.612. The van der Waals surface area contributed by atoms with E-state index < -0.39 is 0 Å². The molecule has 0 saturated carbocycles. The molecule has 0 aromatic heterocycles. The largest absolute Gasteiger partial charge is 0.495 e. The van der Waals surface area contributed by atoms with Gasteiger partial charge in [0.15, 0.2) is 0 Å². The minimum Gasteiger partial charge on any atom is -0.495 e. The molecular formula is C23H26N4O3S. The summed E-state index contributed by atoms with van der Waals surface area (Å²) in [5.74, 6) is 0.765. The molecule has 2 aromatic rings. The molecule has 3 rings (SSSR count). The molecule has 0 bridgehead atoms. The third kappa shape index (κ3) is 6.48. The van der Waals surface area contributed by atoms with E-state index in [0.717, 1.165) is 10.6 Å². The number of thioether (sulfide) groups is 1. The number of nitriles is 1. The van der Waals surface area contributed by atoms with Gasteiger partial charge >= 0.3 is 0 Å². The zero-order valence-corrected chi connectivity index (χ0v) is 18.3. The standard InChI is InChI=1S/C23H26N4O3S/c1-30-20-8-4-2-6-18(20)26-23(29)17-10-13-27(14-11-17)16-22(28)25-19-7-3-5-9-21(19)31-15-12-24/h2-9,17H,10-11,13-16H2,1H3,(H,25,28)(H,26,29). The number of hydrogen-bond acceptors (Lipinski definition) is 6. The first kappa shape index (κ1) is 22.7. The van der Waals surface area contributed by atoms with E-state index in [0.29, 0.717) is 43.1 Å². The summed E-state index contributed by atoms with van der Waals surface area (Å²) in [5.41, 5.74) is 1.39. The van der Waals surface area contributed by atoms with Crippen molar-refractivity contribution in [3.8, 4) is 11.8 Å². The molecule has 1 heterocycles. The Bertz CT molecular complexity index is 952. The second kappa shape index (κ2) is 11.4. The van der Waals surface area contributed by atoms with E-state index in [1.54, 1.807) is 7.11 Å². The van der Waals surface area contributed by atoms with Gasteiger partial charge in [-0.15, -0.1) is 11.8 Å². The maximum absolute atomic E-state index is 12.6. The first-order valence-corrected chi connectivity index (χ1v) is 11.1. The average Bonchev–Trinajstić information content (AvgIpc) is 2.79. The minimum atomic E-state index is -0.0954. The second-order valence-corrected chi connectivity index (χ2v) is 8.25. The lowest BCUT2D eigenvalue weighted by molar-refractivity contribution is -0.121. The molecule has 7 nitrogen and oxygen atoms in total. The molecule has 1 saturated heterocycles. The molecule has 0 aliphatic carbocycles. The molecule has 1 fully saturated rings. The number of nitrogens with zero attached hydrogens (tertiary/aromatic N) is 2. The van der Waals surface area contributed by atoms with E-state index in [9.17, 15) is 9.59 Å². The van der Waals surface area contributed by atoms with Gasteiger partial charge in [0, 0.05) is 10.8 Å². The topological polar surface area (TPSA) is 94.5 Å². The molecule has 8 heteroatoms. The van der Waals surface area contributed by atoms with Crippen LogP contribution in [0.4, 0.5) is 11.4 Å². The summed E-state index contributed by atoms with van der Waals surface area (Å²) >= 11 is 1.40. The predicted octanol–water partition coefficient (Wildman–Crippen LogP) is 3.60. The summed E-state index contributed by atoms with van der Waals surface area (Å²) in [6.45, 7) is 1.64. The number of ether oxygens (including phenoxy) is 1. The molecule has 1 aliphatic heterocycles. The third-order valence-electron chi connectivity index (χ3n) is 5.14. The van der Waals surface area contributed by atoms with Gasteiger partial charge in [-0.25, -0.2) is 0 Å². The Hall–Kier alpha value is -3.02. The van der Waals surface area contributed by atoms with Crippen molar-refractivity contribution in [2.75, 3.05) is 43.1 Å². The lowest BCUT2D eigenvalue weighted by Gasteiger charge is -2.30. The number of carbonyl (C=O) groups excluding carboxylic acids is 2. The predicted molar refractivity (Wildman–Crippen MR) is 122 cm³/mol. The van der Waals surface area contributed by atoms with Gasteiger partial charge in [0.1, 0.15) is 5.75 Å². The van der Waals surface area contributed by atoms with Crippen molar-refractivity contribution in [1.29, 1.82) is 5.26 Å². The van der Waals surface area contributed by atoms with Crippen LogP contribution in [0.15, 0.2) is 53.4 Å². The second-order valence-electron chi connectivity index (χ2n) is 7.23. The van der Waals surface area contributed by atoms with Crippen LogP contribution >= 0.6 is 11.8 Å².